The molecule has 0 fully saturated rings. The molecular formula is C25H20FN7S. The number of hydrogen-bond acceptors (Lipinski definition) is 6. The van der Waals surface area contributed by atoms with Crippen molar-refractivity contribution in [3.05, 3.63) is 71.6 Å². The van der Waals surface area contributed by atoms with Gasteiger partial charge >= 0.3 is 0 Å². The number of pyridine rings is 2. The number of fused-ring (bicyclic) bond motifs is 2. The third kappa shape index (κ3) is 3.64. The molecule has 7 nitrogen and oxygen atoms in total. The van der Waals surface area contributed by atoms with E-state index < -0.39 is 0 Å². The third-order valence-electron chi connectivity index (χ3n) is 5.57. The highest BCUT2D eigenvalue weighted by Crippen LogP contribution is 2.34. The summed E-state index contributed by atoms with van der Waals surface area (Å²) in [4.78, 5) is 20.4. The van der Waals surface area contributed by atoms with Gasteiger partial charge in [0.25, 0.3) is 0 Å². The van der Waals surface area contributed by atoms with Crippen LogP contribution in [-0.4, -0.2) is 49.1 Å². The van der Waals surface area contributed by atoms with Crippen LogP contribution in [0, 0.1) is 5.13 Å². The van der Waals surface area contributed by atoms with Gasteiger partial charge in [0.1, 0.15) is 5.52 Å². The van der Waals surface area contributed by atoms with Gasteiger partial charge in [-0.1, -0.05) is 12.1 Å². The Morgan fingerprint density at radius 2 is 1.88 bits per heavy atom. The van der Waals surface area contributed by atoms with Gasteiger partial charge < -0.3 is 9.88 Å². The Morgan fingerprint density at radius 1 is 0.971 bits per heavy atom. The molecule has 0 unspecified atom stereocenters. The Morgan fingerprint density at radius 3 is 2.71 bits per heavy atom. The molecule has 0 saturated heterocycles. The summed E-state index contributed by atoms with van der Waals surface area (Å²) in [5.41, 5.74) is 7.55. The van der Waals surface area contributed by atoms with Crippen molar-refractivity contribution in [3.8, 4) is 33.2 Å². The molecule has 168 valence electrons. The van der Waals surface area contributed by atoms with E-state index in [-0.39, 0.29) is 5.13 Å². The molecule has 1 aromatic carbocycles. The van der Waals surface area contributed by atoms with Gasteiger partial charge in [-0.3, -0.25) is 10.1 Å². The lowest BCUT2D eigenvalue weighted by atomic mass is 10.1. The lowest BCUT2D eigenvalue weighted by Crippen LogP contribution is -2.10. The Labute approximate surface area is 198 Å². The summed E-state index contributed by atoms with van der Waals surface area (Å²) < 4.78 is 13.6. The van der Waals surface area contributed by atoms with Gasteiger partial charge in [-0.2, -0.15) is 9.49 Å². The first-order valence-electron chi connectivity index (χ1n) is 10.7. The monoisotopic (exact) mass is 469 g/mol. The molecule has 0 aliphatic heterocycles. The second kappa shape index (κ2) is 8.12. The molecule has 5 heterocycles. The topological polar surface area (TPSA) is 86.4 Å². The number of H-pyrrole nitrogens is 2. The van der Waals surface area contributed by atoms with E-state index in [0.29, 0.717) is 11.5 Å². The van der Waals surface area contributed by atoms with Crippen LogP contribution in [0.4, 0.5) is 4.39 Å². The first kappa shape index (κ1) is 20.6. The van der Waals surface area contributed by atoms with Crippen molar-refractivity contribution in [3.63, 3.8) is 0 Å². The average Bonchev–Trinajstić information content (AvgIpc) is 3.55. The first-order valence-corrected chi connectivity index (χ1v) is 11.6. The molecular weight excluding hydrogens is 449 g/mol. The number of aromatic nitrogens is 6. The van der Waals surface area contributed by atoms with Crippen molar-refractivity contribution in [2.24, 2.45) is 0 Å². The van der Waals surface area contributed by atoms with E-state index >= 15 is 0 Å². The van der Waals surface area contributed by atoms with E-state index in [1.54, 1.807) is 6.07 Å². The van der Waals surface area contributed by atoms with Crippen molar-refractivity contribution in [2.75, 3.05) is 14.1 Å². The summed E-state index contributed by atoms with van der Waals surface area (Å²) in [5, 5.41) is 7.33. The fourth-order valence-electron chi connectivity index (χ4n) is 4.11. The summed E-state index contributed by atoms with van der Waals surface area (Å²) in [5.74, 6) is 0.606. The highest BCUT2D eigenvalue weighted by Gasteiger charge is 2.17. The van der Waals surface area contributed by atoms with E-state index in [1.807, 2.05) is 56.8 Å². The summed E-state index contributed by atoms with van der Waals surface area (Å²) in [6, 6.07) is 15.1. The molecule has 0 spiro atoms. The molecule has 6 rings (SSSR count). The van der Waals surface area contributed by atoms with Crippen LogP contribution in [0.3, 0.4) is 0 Å². The van der Waals surface area contributed by atoms with Gasteiger partial charge in [0.05, 0.1) is 22.2 Å². The van der Waals surface area contributed by atoms with Gasteiger partial charge in [-0.15, -0.1) is 11.3 Å². The third-order valence-corrected chi connectivity index (χ3v) is 6.48. The van der Waals surface area contributed by atoms with Crippen LogP contribution in [-0.2, 0) is 6.54 Å². The number of nitrogens with zero attached hydrogens (tertiary/aromatic N) is 5. The highest BCUT2D eigenvalue weighted by atomic mass is 32.1. The normalized spacial score (nSPS) is 11.8. The van der Waals surface area contributed by atoms with Crippen molar-refractivity contribution in [2.45, 2.75) is 6.54 Å². The zero-order chi connectivity index (χ0) is 23.2. The number of nitrogens with one attached hydrogen (secondary N) is 2. The molecule has 0 aliphatic carbocycles. The largest absolute Gasteiger partial charge is 0.336 e. The van der Waals surface area contributed by atoms with Gasteiger partial charge in [-0.05, 0) is 56.1 Å². The predicted octanol–water partition coefficient (Wildman–Crippen LogP) is 5.49. The second-order valence-electron chi connectivity index (χ2n) is 8.38. The molecule has 9 heteroatoms. The van der Waals surface area contributed by atoms with Crippen LogP contribution in [0.1, 0.15) is 5.56 Å². The van der Waals surface area contributed by atoms with Crippen molar-refractivity contribution < 1.29 is 4.39 Å². The molecule has 2 N–H and O–H groups in total. The maximum absolute atomic E-state index is 13.6. The summed E-state index contributed by atoms with van der Waals surface area (Å²) in [6.45, 7) is 0.801. The molecule has 0 atom stereocenters. The van der Waals surface area contributed by atoms with Crippen LogP contribution in [0.25, 0.3) is 55.3 Å². The van der Waals surface area contributed by atoms with Crippen LogP contribution >= 0.6 is 11.3 Å². The fraction of sp³-hybridized carbons (Fsp3) is 0.120. The minimum absolute atomic E-state index is 0.220. The molecule has 0 radical (unpaired) electrons. The standard InChI is InChI=1S/C25H20FN7S/c1-33(2)13-14-10-15(12-27-11-14)17-6-7-19-23(28-17)24(32-31-19)25-29-18-5-3-4-16(22(18)30-25)20-8-9-21(26)34-20/h3-12H,13H2,1-2H3,(H,29,30)(H,31,32). The van der Waals surface area contributed by atoms with E-state index in [9.17, 15) is 4.39 Å². The zero-order valence-electron chi connectivity index (χ0n) is 18.5. The molecule has 0 aliphatic rings. The second-order valence-corrected chi connectivity index (χ2v) is 9.41. The number of aromatic amines is 2. The molecule has 0 amide bonds. The molecule has 6 aromatic rings. The smallest absolute Gasteiger partial charge is 0.176 e. The molecule has 34 heavy (non-hydrogen) atoms. The summed E-state index contributed by atoms with van der Waals surface area (Å²) >= 11 is 1.11. The van der Waals surface area contributed by atoms with Gasteiger partial charge in [0.15, 0.2) is 16.6 Å². The van der Waals surface area contributed by atoms with E-state index in [4.69, 9.17) is 9.97 Å². The minimum Gasteiger partial charge on any atom is -0.336 e. The maximum Gasteiger partial charge on any atom is 0.176 e. The number of benzene rings is 1. The van der Waals surface area contributed by atoms with Gasteiger partial charge in [-0.25, -0.2) is 9.97 Å². The minimum atomic E-state index is -0.220. The number of thiophene rings is 1. The molecule has 0 saturated carbocycles. The fourth-order valence-corrected chi connectivity index (χ4v) is 4.86. The summed E-state index contributed by atoms with van der Waals surface area (Å²) in [6.07, 6.45) is 3.69. The lowest BCUT2D eigenvalue weighted by molar-refractivity contribution is 0.402. The van der Waals surface area contributed by atoms with Crippen molar-refractivity contribution >= 4 is 33.4 Å². The predicted molar refractivity (Wildman–Crippen MR) is 133 cm³/mol. The van der Waals surface area contributed by atoms with E-state index in [2.05, 4.69) is 31.1 Å². The van der Waals surface area contributed by atoms with Gasteiger partial charge in [0.2, 0.25) is 0 Å². The molecule has 5 aromatic heterocycles. The van der Waals surface area contributed by atoms with Crippen LogP contribution in [0.5, 0.6) is 0 Å². The number of hydrogen-bond donors (Lipinski definition) is 2. The maximum atomic E-state index is 13.6. The SMILES string of the molecule is CN(C)Cc1cncc(-c2ccc3[nH]nc(-c4nc5c(-c6ccc(F)s6)cccc5[nH]4)c3n2)c1. The summed E-state index contributed by atoms with van der Waals surface area (Å²) in [7, 11) is 4.06. The van der Waals surface area contributed by atoms with Crippen LogP contribution in [0.2, 0.25) is 0 Å². The molecule has 0 bridgehead atoms. The van der Waals surface area contributed by atoms with Crippen molar-refractivity contribution in [1.82, 2.24) is 35.0 Å². The Balaban J connectivity index is 1.45. The Kier molecular flexibility index (Phi) is 4.93. The van der Waals surface area contributed by atoms with Crippen LogP contribution < -0.4 is 0 Å². The van der Waals surface area contributed by atoms with Gasteiger partial charge in [0, 0.05) is 34.9 Å². The Bertz CT molecular complexity index is 1650. The lowest BCUT2D eigenvalue weighted by Gasteiger charge is -2.10. The number of imidazole rings is 1. The quantitative estimate of drug-likeness (QED) is 0.349. The zero-order valence-corrected chi connectivity index (χ0v) is 19.3. The average molecular weight is 470 g/mol. The number of rotatable bonds is 5. The Hall–Kier alpha value is -3.95. The van der Waals surface area contributed by atoms with Crippen molar-refractivity contribution in [1.29, 1.82) is 0 Å². The van der Waals surface area contributed by atoms with E-state index in [1.165, 1.54) is 6.07 Å². The first-order chi connectivity index (χ1) is 16.5. The van der Waals surface area contributed by atoms with Crippen LogP contribution in [0.15, 0.2) is 60.9 Å². The highest BCUT2D eigenvalue weighted by molar-refractivity contribution is 7.14. The van der Waals surface area contributed by atoms with E-state index in [0.717, 1.165) is 67.2 Å². The number of para-hydroxylation sites is 1. The number of halogens is 1.